The Morgan fingerprint density at radius 3 is 2.95 bits per heavy atom. The van der Waals surface area contributed by atoms with Crippen LogP contribution in [0.5, 0.6) is 0 Å². The molecule has 2 aliphatic rings. The maximum absolute atomic E-state index is 13.8. The minimum Gasteiger partial charge on any atom is -0.389 e. The topological polar surface area (TPSA) is 32.3 Å². The summed E-state index contributed by atoms with van der Waals surface area (Å²) in [5, 5.41) is 14.3. The van der Waals surface area contributed by atoms with Crippen molar-refractivity contribution in [2.75, 3.05) is 6.54 Å². The molecule has 2 fully saturated rings. The van der Waals surface area contributed by atoms with E-state index in [1.807, 2.05) is 12.1 Å². The van der Waals surface area contributed by atoms with Crippen LogP contribution in [0.15, 0.2) is 24.3 Å². The van der Waals surface area contributed by atoms with Crippen LogP contribution in [0, 0.1) is 11.7 Å². The molecule has 0 bridgehead atoms. The van der Waals surface area contributed by atoms with Crippen molar-refractivity contribution in [3.8, 4) is 0 Å². The van der Waals surface area contributed by atoms with E-state index in [9.17, 15) is 9.50 Å². The largest absolute Gasteiger partial charge is 0.389 e. The van der Waals surface area contributed by atoms with Gasteiger partial charge in [0.2, 0.25) is 0 Å². The highest BCUT2D eigenvalue weighted by Gasteiger charge is 2.45. The molecule has 1 heterocycles. The normalized spacial score (nSPS) is 34.8. The van der Waals surface area contributed by atoms with Crippen molar-refractivity contribution in [2.45, 2.75) is 50.2 Å². The third-order valence-corrected chi connectivity index (χ3v) is 4.91. The van der Waals surface area contributed by atoms with Crippen molar-refractivity contribution >= 4 is 0 Å². The third kappa shape index (κ3) is 2.54. The summed E-state index contributed by atoms with van der Waals surface area (Å²) in [6.07, 6.45) is 5.79. The molecule has 1 saturated carbocycles. The second-order valence-corrected chi connectivity index (χ2v) is 6.06. The first-order chi connectivity index (χ1) is 9.19. The summed E-state index contributed by atoms with van der Waals surface area (Å²) >= 11 is 0. The lowest BCUT2D eigenvalue weighted by Gasteiger charge is -2.48. The molecule has 3 rings (SSSR count). The summed E-state index contributed by atoms with van der Waals surface area (Å²) < 4.78 is 13.8. The zero-order chi connectivity index (χ0) is 13.3. The van der Waals surface area contributed by atoms with Gasteiger partial charge in [-0.05, 0) is 43.9 Å². The SMILES string of the molecule is OC12CCCCC1C(Cc1ccccc1F)NCC2. The number of hydrogen-bond acceptors (Lipinski definition) is 2. The van der Waals surface area contributed by atoms with Gasteiger partial charge in [0.1, 0.15) is 5.82 Å². The van der Waals surface area contributed by atoms with E-state index in [4.69, 9.17) is 0 Å². The van der Waals surface area contributed by atoms with Crippen molar-refractivity contribution in [3.63, 3.8) is 0 Å². The molecule has 2 nitrogen and oxygen atoms in total. The van der Waals surface area contributed by atoms with Gasteiger partial charge in [0.25, 0.3) is 0 Å². The molecule has 1 aromatic carbocycles. The lowest BCUT2D eigenvalue weighted by molar-refractivity contribution is -0.0851. The summed E-state index contributed by atoms with van der Waals surface area (Å²) in [7, 11) is 0. The van der Waals surface area contributed by atoms with Crippen LogP contribution in [0.1, 0.15) is 37.7 Å². The summed E-state index contributed by atoms with van der Waals surface area (Å²) in [4.78, 5) is 0. The van der Waals surface area contributed by atoms with Gasteiger partial charge in [0.15, 0.2) is 0 Å². The van der Waals surface area contributed by atoms with Crippen LogP contribution in [-0.4, -0.2) is 23.3 Å². The van der Waals surface area contributed by atoms with Gasteiger partial charge in [-0.15, -0.1) is 0 Å². The van der Waals surface area contributed by atoms with Gasteiger partial charge >= 0.3 is 0 Å². The number of benzene rings is 1. The van der Waals surface area contributed by atoms with Crippen LogP contribution in [0.3, 0.4) is 0 Å². The van der Waals surface area contributed by atoms with Gasteiger partial charge in [0.05, 0.1) is 5.60 Å². The Bertz CT molecular complexity index is 446. The van der Waals surface area contributed by atoms with E-state index in [-0.39, 0.29) is 17.8 Å². The van der Waals surface area contributed by atoms with Gasteiger partial charge in [-0.25, -0.2) is 4.39 Å². The molecule has 104 valence electrons. The van der Waals surface area contributed by atoms with Crippen molar-refractivity contribution in [2.24, 2.45) is 5.92 Å². The first kappa shape index (κ1) is 13.1. The molecule has 2 N–H and O–H groups in total. The highest BCUT2D eigenvalue weighted by Crippen LogP contribution is 2.41. The molecule has 1 saturated heterocycles. The number of halogens is 1. The highest BCUT2D eigenvalue weighted by molar-refractivity contribution is 5.19. The molecule has 0 aromatic heterocycles. The van der Waals surface area contributed by atoms with Crippen molar-refractivity contribution in [1.29, 1.82) is 0 Å². The van der Waals surface area contributed by atoms with E-state index in [0.29, 0.717) is 6.42 Å². The van der Waals surface area contributed by atoms with Crippen LogP contribution >= 0.6 is 0 Å². The summed E-state index contributed by atoms with van der Waals surface area (Å²) in [6, 6.07) is 7.19. The second kappa shape index (κ2) is 5.22. The molecular formula is C16H22FNO. The molecule has 0 spiro atoms. The van der Waals surface area contributed by atoms with Crippen molar-refractivity contribution < 1.29 is 9.50 Å². The van der Waals surface area contributed by atoms with Crippen LogP contribution < -0.4 is 5.32 Å². The Morgan fingerprint density at radius 2 is 2.11 bits per heavy atom. The molecule has 3 heteroatoms. The molecule has 1 aliphatic heterocycles. The van der Waals surface area contributed by atoms with Crippen molar-refractivity contribution in [1.82, 2.24) is 5.32 Å². The first-order valence-corrected chi connectivity index (χ1v) is 7.38. The number of nitrogens with one attached hydrogen (secondary N) is 1. The van der Waals surface area contributed by atoms with Crippen LogP contribution in [0.25, 0.3) is 0 Å². The molecule has 3 unspecified atom stereocenters. The van der Waals surface area contributed by atoms with Gasteiger partial charge in [0, 0.05) is 12.0 Å². The lowest BCUT2D eigenvalue weighted by Crippen LogP contribution is -2.58. The number of piperidine rings is 1. The summed E-state index contributed by atoms with van der Waals surface area (Å²) in [5.74, 6) is 0.142. The molecule has 3 atom stereocenters. The predicted molar refractivity (Wildman–Crippen MR) is 73.4 cm³/mol. The van der Waals surface area contributed by atoms with E-state index in [0.717, 1.165) is 37.8 Å². The fraction of sp³-hybridized carbons (Fsp3) is 0.625. The van der Waals surface area contributed by atoms with E-state index in [1.54, 1.807) is 6.07 Å². The highest BCUT2D eigenvalue weighted by atomic mass is 19.1. The minimum atomic E-state index is -0.514. The third-order valence-electron chi connectivity index (χ3n) is 4.91. The van der Waals surface area contributed by atoms with Crippen LogP contribution in [0.2, 0.25) is 0 Å². The Balaban J connectivity index is 1.78. The maximum Gasteiger partial charge on any atom is 0.126 e. The van der Waals surface area contributed by atoms with E-state index in [2.05, 4.69) is 5.32 Å². The molecule has 0 radical (unpaired) electrons. The van der Waals surface area contributed by atoms with Gasteiger partial charge < -0.3 is 10.4 Å². The molecule has 1 aromatic rings. The maximum atomic E-state index is 13.8. The smallest absolute Gasteiger partial charge is 0.126 e. The summed E-state index contributed by atoms with van der Waals surface area (Å²) in [5.41, 5.74) is 0.245. The van der Waals surface area contributed by atoms with Gasteiger partial charge in [-0.3, -0.25) is 0 Å². The average molecular weight is 263 g/mol. The second-order valence-electron chi connectivity index (χ2n) is 6.06. The zero-order valence-corrected chi connectivity index (χ0v) is 11.2. The van der Waals surface area contributed by atoms with E-state index >= 15 is 0 Å². The Kier molecular flexibility index (Phi) is 3.59. The minimum absolute atomic E-state index is 0.130. The Labute approximate surface area is 114 Å². The lowest BCUT2D eigenvalue weighted by atomic mass is 9.67. The van der Waals surface area contributed by atoms with E-state index in [1.165, 1.54) is 12.5 Å². The monoisotopic (exact) mass is 263 g/mol. The number of hydrogen-bond donors (Lipinski definition) is 2. The fourth-order valence-corrected chi connectivity index (χ4v) is 3.87. The molecule has 0 amide bonds. The molecular weight excluding hydrogens is 241 g/mol. The van der Waals surface area contributed by atoms with E-state index < -0.39 is 5.60 Å². The van der Waals surface area contributed by atoms with Gasteiger partial charge in [-0.1, -0.05) is 31.0 Å². The number of fused-ring (bicyclic) bond motifs is 1. The number of rotatable bonds is 2. The summed E-state index contributed by atoms with van der Waals surface area (Å²) in [6.45, 7) is 0.839. The van der Waals surface area contributed by atoms with Crippen LogP contribution in [0.4, 0.5) is 4.39 Å². The first-order valence-electron chi connectivity index (χ1n) is 7.38. The van der Waals surface area contributed by atoms with Crippen molar-refractivity contribution in [3.05, 3.63) is 35.6 Å². The van der Waals surface area contributed by atoms with Gasteiger partial charge in [-0.2, -0.15) is 0 Å². The zero-order valence-electron chi connectivity index (χ0n) is 11.2. The Hall–Kier alpha value is -0.930. The Morgan fingerprint density at radius 1 is 1.26 bits per heavy atom. The fourth-order valence-electron chi connectivity index (χ4n) is 3.87. The average Bonchev–Trinajstić information content (AvgIpc) is 2.41. The molecule has 19 heavy (non-hydrogen) atoms. The van der Waals surface area contributed by atoms with Crippen LogP contribution in [-0.2, 0) is 6.42 Å². The predicted octanol–water partition coefficient (Wildman–Crippen LogP) is 2.65. The quantitative estimate of drug-likeness (QED) is 0.859. The number of aliphatic hydroxyl groups is 1. The standard InChI is InChI=1S/C16H22FNO/c17-14-7-2-1-5-12(14)11-15-13-6-3-4-8-16(13,19)9-10-18-15/h1-2,5,7,13,15,18-19H,3-4,6,8-11H2. The molecule has 1 aliphatic carbocycles.